The van der Waals surface area contributed by atoms with E-state index in [-0.39, 0.29) is 5.91 Å². The Hall–Kier alpha value is -1.65. The third-order valence-corrected chi connectivity index (χ3v) is 4.06. The van der Waals surface area contributed by atoms with Crippen LogP contribution < -0.4 is 0 Å². The zero-order valence-corrected chi connectivity index (χ0v) is 12.6. The number of ether oxygens (including phenoxy) is 1. The monoisotopic (exact) mass is 304 g/mol. The summed E-state index contributed by atoms with van der Waals surface area (Å²) in [6.07, 6.45) is 3.71. The average molecular weight is 305 g/mol. The number of fused-ring (bicyclic) bond motifs is 1. The van der Waals surface area contributed by atoms with E-state index in [4.69, 9.17) is 16.3 Å². The predicted molar refractivity (Wildman–Crippen MR) is 82.7 cm³/mol. The van der Waals surface area contributed by atoms with E-state index >= 15 is 0 Å². The smallest absolute Gasteiger partial charge is 0.256 e. The summed E-state index contributed by atoms with van der Waals surface area (Å²) in [5.74, 6) is 0.00918. The summed E-state index contributed by atoms with van der Waals surface area (Å²) in [7, 11) is 1.65. The highest BCUT2D eigenvalue weighted by Gasteiger charge is 2.33. The molecule has 0 saturated heterocycles. The van der Waals surface area contributed by atoms with Crippen LogP contribution >= 0.6 is 11.6 Å². The predicted octanol–water partition coefficient (Wildman–Crippen LogP) is 3.14. The van der Waals surface area contributed by atoms with Gasteiger partial charge in [0.2, 0.25) is 0 Å². The quantitative estimate of drug-likeness (QED) is 0.797. The van der Waals surface area contributed by atoms with Crippen molar-refractivity contribution in [1.29, 1.82) is 0 Å². The normalized spacial score (nSPS) is 14.4. The van der Waals surface area contributed by atoms with Crippen LogP contribution in [0.5, 0.6) is 0 Å². The standard InChI is InChI=1S/C16H17ClN2O2/c1-21-9-8-19(11-6-7-11)16(20)14-10-18-15(17)13-5-3-2-4-12(13)14/h2-5,10-11H,6-9H2,1H3. The van der Waals surface area contributed by atoms with Crippen LogP contribution in [-0.4, -0.2) is 42.1 Å². The molecule has 0 aliphatic heterocycles. The van der Waals surface area contributed by atoms with Gasteiger partial charge in [0.05, 0.1) is 12.2 Å². The number of rotatable bonds is 5. The Morgan fingerprint density at radius 1 is 1.38 bits per heavy atom. The summed E-state index contributed by atoms with van der Waals surface area (Å²) in [6.45, 7) is 1.15. The highest BCUT2D eigenvalue weighted by atomic mass is 35.5. The first-order valence-corrected chi connectivity index (χ1v) is 7.43. The topological polar surface area (TPSA) is 42.4 Å². The second-order valence-corrected chi connectivity index (χ2v) is 5.59. The Kier molecular flexibility index (Phi) is 4.08. The summed E-state index contributed by atoms with van der Waals surface area (Å²) in [6, 6.07) is 7.94. The number of pyridine rings is 1. The minimum atomic E-state index is 0.00918. The lowest BCUT2D eigenvalue weighted by Crippen LogP contribution is -2.36. The molecule has 1 saturated carbocycles. The highest BCUT2D eigenvalue weighted by molar-refractivity contribution is 6.34. The molecule has 1 aromatic carbocycles. The molecule has 3 rings (SSSR count). The number of benzene rings is 1. The van der Waals surface area contributed by atoms with Gasteiger partial charge in [-0.25, -0.2) is 4.98 Å². The van der Waals surface area contributed by atoms with Crippen molar-refractivity contribution in [2.45, 2.75) is 18.9 Å². The van der Waals surface area contributed by atoms with Crippen LogP contribution in [0.4, 0.5) is 0 Å². The van der Waals surface area contributed by atoms with E-state index in [1.807, 2.05) is 29.2 Å². The first-order valence-electron chi connectivity index (χ1n) is 7.05. The van der Waals surface area contributed by atoms with Crippen LogP contribution in [0.25, 0.3) is 10.8 Å². The van der Waals surface area contributed by atoms with Gasteiger partial charge in [0.25, 0.3) is 5.91 Å². The van der Waals surface area contributed by atoms with Crippen molar-refractivity contribution in [1.82, 2.24) is 9.88 Å². The lowest BCUT2D eigenvalue weighted by atomic mass is 10.1. The van der Waals surface area contributed by atoms with E-state index < -0.39 is 0 Å². The van der Waals surface area contributed by atoms with E-state index in [9.17, 15) is 4.79 Å². The largest absolute Gasteiger partial charge is 0.383 e. The number of hydrogen-bond donors (Lipinski definition) is 0. The fourth-order valence-corrected chi connectivity index (χ4v) is 2.72. The van der Waals surface area contributed by atoms with Gasteiger partial charge in [0, 0.05) is 31.3 Å². The Labute approximate surface area is 128 Å². The Morgan fingerprint density at radius 3 is 2.76 bits per heavy atom. The second-order valence-electron chi connectivity index (χ2n) is 5.23. The SMILES string of the molecule is COCCN(C(=O)c1cnc(Cl)c2ccccc12)C1CC1. The lowest BCUT2D eigenvalue weighted by molar-refractivity contribution is 0.0682. The maximum atomic E-state index is 12.8. The van der Waals surface area contributed by atoms with Gasteiger partial charge in [-0.15, -0.1) is 0 Å². The van der Waals surface area contributed by atoms with Gasteiger partial charge in [-0.2, -0.15) is 0 Å². The van der Waals surface area contributed by atoms with Crippen molar-refractivity contribution < 1.29 is 9.53 Å². The van der Waals surface area contributed by atoms with Gasteiger partial charge >= 0.3 is 0 Å². The number of halogens is 1. The third kappa shape index (κ3) is 2.87. The number of aromatic nitrogens is 1. The molecular formula is C16H17ClN2O2. The number of hydrogen-bond acceptors (Lipinski definition) is 3. The van der Waals surface area contributed by atoms with Gasteiger partial charge in [-0.1, -0.05) is 35.9 Å². The zero-order chi connectivity index (χ0) is 14.8. The van der Waals surface area contributed by atoms with Crippen molar-refractivity contribution >= 4 is 28.3 Å². The molecule has 0 atom stereocenters. The first-order chi connectivity index (χ1) is 10.2. The number of carbonyl (C=O) groups excluding carboxylic acids is 1. The minimum absolute atomic E-state index is 0.00918. The van der Waals surface area contributed by atoms with E-state index in [0.717, 1.165) is 23.6 Å². The summed E-state index contributed by atoms with van der Waals surface area (Å²) in [4.78, 5) is 18.9. The third-order valence-electron chi connectivity index (χ3n) is 3.76. The van der Waals surface area contributed by atoms with Crippen LogP contribution in [0.1, 0.15) is 23.2 Å². The van der Waals surface area contributed by atoms with Gasteiger partial charge in [-0.3, -0.25) is 4.79 Å². The Bertz CT molecular complexity index is 670. The number of amides is 1. The van der Waals surface area contributed by atoms with E-state index in [1.165, 1.54) is 0 Å². The minimum Gasteiger partial charge on any atom is -0.383 e. The molecule has 0 bridgehead atoms. The molecule has 1 aliphatic rings. The molecule has 1 fully saturated rings. The molecule has 1 heterocycles. The van der Waals surface area contributed by atoms with Gasteiger partial charge in [0.15, 0.2) is 0 Å². The molecule has 1 aliphatic carbocycles. The van der Waals surface area contributed by atoms with E-state index in [0.29, 0.717) is 29.9 Å². The molecule has 0 radical (unpaired) electrons. The maximum Gasteiger partial charge on any atom is 0.256 e. The molecule has 21 heavy (non-hydrogen) atoms. The number of nitrogens with zero attached hydrogens (tertiary/aromatic N) is 2. The molecule has 1 amide bonds. The molecule has 2 aromatic rings. The van der Waals surface area contributed by atoms with E-state index in [2.05, 4.69) is 4.98 Å². The van der Waals surface area contributed by atoms with E-state index in [1.54, 1.807) is 13.3 Å². The number of carbonyl (C=O) groups is 1. The molecule has 0 N–H and O–H groups in total. The summed E-state index contributed by atoms with van der Waals surface area (Å²) >= 11 is 6.12. The molecule has 4 nitrogen and oxygen atoms in total. The summed E-state index contributed by atoms with van der Waals surface area (Å²) < 4.78 is 5.11. The van der Waals surface area contributed by atoms with Crippen molar-refractivity contribution in [2.24, 2.45) is 0 Å². The molecule has 110 valence electrons. The van der Waals surface area contributed by atoms with Crippen molar-refractivity contribution in [2.75, 3.05) is 20.3 Å². The molecule has 5 heteroatoms. The maximum absolute atomic E-state index is 12.8. The van der Waals surface area contributed by atoms with Crippen LogP contribution in [0.2, 0.25) is 5.15 Å². The van der Waals surface area contributed by atoms with Gasteiger partial charge in [0.1, 0.15) is 5.15 Å². The van der Waals surface area contributed by atoms with Crippen LogP contribution in [0.15, 0.2) is 30.5 Å². The molecular weight excluding hydrogens is 288 g/mol. The first kappa shape index (κ1) is 14.3. The van der Waals surface area contributed by atoms with Crippen molar-refractivity contribution in [3.05, 3.63) is 41.2 Å². The van der Waals surface area contributed by atoms with Gasteiger partial charge in [-0.05, 0) is 18.2 Å². The number of methoxy groups -OCH3 is 1. The zero-order valence-electron chi connectivity index (χ0n) is 11.9. The summed E-state index contributed by atoms with van der Waals surface area (Å²) in [5, 5.41) is 2.09. The molecule has 0 unspecified atom stereocenters. The summed E-state index contributed by atoms with van der Waals surface area (Å²) in [5.41, 5.74) is 0.609. The fraction of sp³-hybridized carbons (Fsp3) is 0.375. The highest BCUT2D eigenvalue weighted by Crippen LogP contribution is 2.30. The lowest BCUT2D eigenvalue weighted by Gasteiger charge is -2.22. The Balaban J connectivity index is 1.98. The fourth-order valence-electron chi connectivity index (χ4n) is 2.51. The Morgan fingerprint density at radius 2 is 2.10 bits per heavy atom. The van der Waals surface area contributed by atoms with Crippen LogP contribution in [0.3, 0.4) is 0 Å². The van der Waals surface area contributed by atoms with Crippen LogP contribution in [0, 0.1) is 0 Å². The molecule has 1 aromatic heterocycles. The van der Waals surface area contributed by atoms with Crippen LogP contribution in [-0.2, 0) is 4.74 Å². The van der Waals surface area contributed by atoms with Crippen molar-refractivity contribution in [3.63, 3.8) is 0 Å². The van der Waals surface area contributed by atoms with Crippen molar-refractivity contribution in [3.8, 4) is 0 Å². The second kappa shape index (κ2) is 6.00. The average Bonchev–Trinajstić information content (AvgIpc) is 3.33. The van der Waals surface area contributed by atoms with Gasteiger partial charge < -0.3 is 9.64 Å². The molecule has 0 spiro atoms.